The lowest BCUT2D eigenvalue weighted by Gasteiger charge is -2.15. The highest BCUT2D eigenvalue weighted by Crippen LogP contribution is 2.35. The Hall–Kier alpha value is -1.36. The van der Waals surface area contributed by atoms with Gasteiger partial charge in [0.15, 0.2) is 5.82 Å². The first-order valence-electron chi connectivity index (χ1n) is 8.00. The second kappa shape index (κ2) is 6.60. The van der Waals surface area contributed by atoms with Gasteiger partial charge in [0, 0.05) is 10.8 Å². The number of hydrogen-bond acceptors (Lipinski definition) is 5. The van der Waals surface area contributed by atoms with Crippen LogP contribution in [0.5, 0.6) is 0 Å². The molecule has 5 heteroatoms. The van der Waals surface area contributed by atoms with E-state index in [-0.39, 0.29) is 0 Å². The summed E-state index contributed by atoms with van der Waals surface area (Å²) in [6.45, 7) is 2.13. The van der Waals surface area contributed by atoms with Crippen LogP contribution >= 0.6 is 11.3 Å². The van der Waals surface area contributed by atoms with Crippen molar-refractivity contribution in [2.45, 2.75) is 64.2 Å². The average molecular weight is 305 g/mol. The van der Waals surface area contributed by atoms with Gasteiger partial charge in [0.2, 0.25) is 0 Å². The van der Waals surface area contributed by atoms with Crippen molar-refractivity contribution in [3.8, 4) is 11.5 Å². The lowest BCUT2D eigenvalue weighted by atomic mass is 9.91. The van der Waals surface area contributed by atoms with Gasteiger partial charge < -0.3 is 10.3 Å². The summed E-state index contributed by atoms with van der Waals surface area (Å²) in [4.78, 5) is 5.89. The lowest BCUT2D eigenvalue weighted by Crippen LogP contribution is -2.04. The molecular weight excluding hydrogens is 282 g/mol. The van der Waals surface area contributed by atoms with Crippen molar-refractivity contribution in [3.63, 3.8) is 0 Å². The van der Waals surface area contributed by atoms with Gasteiger partial charge in [0.25, 0.3) is 5.89 Å². The quantitative estimate of drug-likeness (QED) is 0.887. The zero-order chi connectivity index (χ0) is 14.7. The van der Waals surface area contributed by atoms with Gasteiger partial charge in [0.05, 0.1) is 10.6 Å². The topological polar surface area (TPSA) is 64.9 Å². The predicted octanol–water partition coefficient (Wildman–Crippen LogP) is 4.77. The molecule has 1 aliphatic rings. The molecule has 0 aromatic carbocycles. The van der Waals surface area contributed by atoms with Crippen LogP contribution in [0.15, 0.2) is 10.6 Å². The fourth-order valence-corrected chi connectivity index (χ4v) is 3.88. The highest BCUT2D eigenvalue weighted by Gasteiger charge is 2.21. The first-order valence-corrected chi connectivity index (χ1v) is 8.81. The van der Waals surface area contributed by atoms with E-state index in [1.807, 2.05) is 0 Å². The molecule has 0 aliphatic heterocycles. The minimum absolute atomic E-state index is 0.452. The highest BCUT2D eigenvalue weighted by molar-refractivity contribution is 7.16. The van der Waals surface area contributed by atoms with E-state index in [1.165, 1.54) is 49.8 Å². The molecule has 0 spiro atoms. The summed E-state index contributed by atoms with van der Waals surface area (Å²) in [6, 6.07) is 2.08. The summed E-state index contributed by atoms with van der Waals surface area (Å²) in [5.41, 5.74) is 6.98. The molecule has 2 heterocycles. The Bertz CT molecular complexity index is 582. The Morgan fingerprint density at radius 3 is 2.62 bits per heavy atom. The van der Waals surface area contributed by atoms with E-state index in [0.717, 1.165) is 22.8 Å². The normalized spacial score (nSPS) is 17.6. The fourth-order valence-electron chi connectivity index (χ4n) is 3.02. The number of hydrogen-bond donors (Lipinski definition) is 1. The Balaban J connectivity index is 1.79. The molecule has 0 amide bonds. The van der Waals surface area contributed by atoms with Crippen LogP contribution in [-0.4, -0.2) is 10.1 Å². The second-order valence-electron chi connectivity index (χ2n) is 5.84. The van der Waals surface area contributed by atoms with Gasteiger partial charge in [-0.15, -0.1) is 11.3 Å². The van der Waals surface area contributed by atoms with Gasteiger partial charge in [-0.3, -0.25) is 0 Å². The molecular formula is C16H23N3OS. The van der Waals surface area contributed by atoms with Crippen molar-refractivity contribution in [1.82, 2.24) is 10.1 Å². The minimum atomic E-state index is 0.452. The van der Waals surface area contributed by atoms with Crippen LogP contribution in [0.3, 0.4) is 0 Å². The minimum Gasteiger partial charge on any atom is -0.390 e. The summed E-state index contributed by atoms with van der Waals surface area (Å²) in [5.74, 6) is 1.91. The first-order chi connectivity index (χ1) is 10.3. The molecule has 1 aliphatic carbocycles. The summed E-state index contributed by atoms with van der Waals surface area (Å²) >= 11 is 1.61. The number of thiophene rings is 1. The molecule has 0 saturated heterocycles. The van der Waals surface area contributed by atoms with Crippen LogP contribution in [0.4, 0.5) is 5.00 Å². The van der Waals surface area contributed by atoms with Crippen molar-refractivity contribution < 1.29 is 4.52 Å². The van der Waals surface area contributed by atoms with Crippen LogP contribution in [0.1, 0.15) is 68.5 Å². The molecule has 0 bridgehead atoms. The number of anilines is 1. The van der Waals surface area contributed by atoms with Crippen molar-refractivity contribution in [2.24, 2.45) is 0 Å². The number of nitrogens with zero attached hydrogens (tertiary/aromatic N) is 2. The molecule has 3 rings (SSSR count). The van der Waals surface area contributed by atoms with Crippen molar-refractivity contribution in [1.29, 1.82) is 0 Å². The number of nitrogen functional groups attached to an aromatic ring is 1. The van der Waals surface area contributed by atoms with E-state index >= 15 is 0 Å². The van der Waals surface area contributed by atoms with Crippen LogP contribution in [-0.2, 0) is 6.42 Å². The molecule has 114 valence electrons. The maximum absolute atomic E-state index is 6.07. The van der Waals surface area contributed by atoms with Crippen molar-refractivity contribution in [3.05, 3.63) is 16.8 Å². The highest BCUT2D eigenvalue weighted by atomic mass is 32.1. The SMILES string of the molecule is CCc1cc(-c2nc(C3CCCCCCC3)no2)c(N)s1. The van der Waals surface area contributed by atoms with Crippen LogP contribution in [0.2, 0.25) is 0 Å². The number of aryl methyl sites for hydroxylation is 1. The summed E-state index contributed by atoms with van der Waals surface area (Å²) < 4.78 is 5.48. The maximum Gasteiger partial charge on any atom is 0.260 e. The van der Waals surface area contributed by atoms with Crippen LogP contribution in [0, 0.1) is 0 Å². The molecule has 2 N–H and O–H groups in total. The van der Waals surface area contributed by atoms with Crippen molar-refractivity contribution >= 4 is 16.3 Å². The van der Waals surface area contributed by atoms with Gasteiger partial charge in [-0.1, -0.05) is 44.2 Å². The Kier molecular flexibility index (Phi) is 4.58. The third kappa shape index (κ3) is 3.28. The monoisotopic (exact) mass is 305 g/mol. The molecule has 1 saturated carbocycles. The van der Waals surface area contributed by atoms with Gasteiger partial charge in [-0.05, 0) is 25.3 Å². The average Bonchev–Trinajstić information content (AvgIpc) is 3.04. The molecule has 2 aromatic rings. The predicted molar refractivity (Wildman–Crippen MR) is 86.5 cm³/mol. The molecule has 0 unspecified atom stereocenters. The standard InChI is InChI=1S/C16H23N3OS/c1-2-12-10-13(14(17)21-12)16-18-15(19-20-16)11-8-6-4-3-5-7-9-11/h10-11H,2-9,17H2,1H3. The molecule has 21 heavy (non-hydrogen) atoms. The number of nitrogens with two attached hydrogens (primary N) is 1. The lowest BCUT2D eigenvalue weighted by molar-refractivity contribution is 0.393. The molecule has 1 fully saturated rings. The van der Waals surface area contributed by atoms with Crippen LogP contribution < -0.4 is 5.73 Å². The zero-order valence-electron chi connectivity index (χ0n) is 12.6. The van der Waals surface area contributed by atoms with Gasteiger partial charge in [-0.25, -0.2) is 0 Å². The molecule has 0 atom stereocenters. The van der Waals surface area contributed by atoms with E-state index in [0.29, 0.717) is 11.8 Å². The van der Waals surface area contributed by atoms with E-state index in [2.05, 4.69) is 23.1 Å². The fraction of sp³-hybridized carbons (Fsp3) is 0.625. The largest absolute Gasteiger partial charge is 0.390 e. The Labute approximate surface area is 129 Å². The summed E-state index contributed by atoms with van der Waals surface area (Å²) in [6.07, 6.45) is 9.92. The van der Waals surface area contributed by atoms with Crippen molar-refractivity contribution in [2.75, 3.05) is 5.73 Å². The zero-order valence-corrected chi connectivity index (χ0v) is 13.4. The van der Waals surface area contributed by atoms with Gasteiger partial charge >= 0.3 is 0 Å². The Morgan fingerprint density at radius 1 is 1.24 bits per heavy atom. The smallest absolute Gasteiger partial charge is 0.260 e. The van der Waals surface area contributed by atoms with E-state index in [9.17, 15) is 0 Å². The Morgan fingerprint density at radius 2 is 1.95 bits per heavy atom. The molecule has 0 radical (unpaired) electrons. The molecule has 2 aromatic heterocycles. The van der Waals surface area contributed by atoms with E-state index in [4.69, 9.17) is 10.3 Å². The first kappa shape index (κ1) is 14.6. The van der Waals surface area contributed by atoms with Gasteiger partial charge in [0.1, 0.15) is 0 Å². The third-order valence-electron chi connectivity index (χ3n) is 4.30. The summed E-state index contributed by atoms with van der Waals surface area (Å²) in [5, 5.41) is 5.01. The number of rotatable bonds is 3. The van der Waals surface area contributed by atoms with Gasteiger partial charge in [-0.2, -0.15) is 4.98 Å². The van der Waals surface area contributed by atoms with Crippen LogP contribution in [0.25, 0.3) is 11.5 Å². The summed E-state index contributed by atoms with van der Waals surface area (Å²) in [7, 11) is 0. The third-order valence-corrected chi connectivity index (χ3v) is 5.41. The number of aromatic nitrogens is 2. The maximum atomic E-state index is 6.07. The van der Waals surface area contributed by atoms with E-state index in [1.54, 1.807) is 11.3 Å². The van der Waals surface area contributed by atoms with E-state index < -0.39 is 0 Å². The second-order valence-corrected chi connectivity index (χ2v) is 7.01. The molecule has 4 nitrogen and oxygen atoms in total.